The number of aromatic nitrogens is 1. The van der Waals surface area contributed by atoms with Crippen molar-refractivity contribution in [3.63, 3.8) is 0 Å². The summed E-state index contributed by atoms with van der Waals surface area (Å²) < 4.78 is 31.2. The minimum Gasteiger partial charge on any atom is -0.361 e. The summed E-state index contributed by atoms with van der Waals surface area (Å²) in [5.41, 5.74) is 0.616. The molecular weight excluding hydrogens is 302 g/mol. The fourth-order valence-electron chi connectivity index (χ4n) is 1.58. The lowest BCUT2D eigenvalue weighted by Gasteiger charge is -2.08. The number of aryl methyl sites for hydroxylation is 1. The second-order valence-corrected chi connectivity index (χ2v) is 6.25. The highest BCUT2D eigenvalue weighted by molar-refractivity contribution is 7.91. The maximum Gasteiger partial charge on any atom is 0.238 e. The first-order valence-corrected chi connectivity index (χ1v) is 7.55. The molecule has 1 aromatic carbocycles. The number of halogens is 1. The van der Waals surface area contributed by atoms with Gasteiger partial charge in [-0.3, -0.25) is 4.72 Å². The normalized spacial score (nSPS) is 11.1. The third-order valence-corrected chi connectivity index (χ3v) is 3.82. The van der Waals surface area contributed by atoms with Gasteiger partial charge in [0.1, 0.15) is 23.3 Å². The molecule has 6 nitrogen and oxygen atoms in total. The Bertz CT molecular complexity index is 777. The van der Waals surface area contributed by atoms with Crippen LogP contribution in [0.3, 0.4) is 0 Å². The Morgan fingerprint density at radius 2 is 2.20 bits per heavy atom. The molecule has 0 aliphatic carbocycles. The third kappa shape index (κ3) is 3.50. The predicted molar refractivity (Wildman–Crippen MR) is 73.7 cm³/mol. The zero-order valence-electron chi connectivity index (χ0n) is 10.4. The van der Waals surface area contributed by atoms with Crippen LogP contribution >= 0.6 is 11.6 Å². The van der Waals surface area contributed by atoms with E-state index in [1.54, 1.807) is 6.92 Å². The molecule has 0 aliphatic heterocycles. The monoisotopic (exact) mass is 311 g/mol. The van der Waals surface area contributed by atoms with Gasteiger partial charge in [-0.1, -0.05) is 16.8 Å². The minimum absolute atomic E-state index is 0.139. The van der Waals surface area contributed by atoms with Gasteiger partial charge in [-0.05, 0) is 25.1 Å². The summed E-state index contributed by atoms with van der Waals surface area (Å²) in [5.74, 6) is 0.178. The molecule has 0 saturated carbocycles. The highest BCUT2D eigenvalue weighted by atomic mass is 35.5. The maximum atomic E-state index is 12.0. The van der Waals surface area contributed by atoms with E-state index >= 15 is 0 Å². The van der Waals surface area contributed by atoms with E-state index in [9.17, 15) is 8.42 Å². The van der Waals surface area contributed by atoms with E-state index in [-0.39, 0.29) is 22.7 Å². The van der Waals surface area contributed by atoms with Crippen LogP contribution in [0.25, 0.3) is 0 Å². The van der Waals surface area contributed by atoms with Gasteiger partial charge in [0.15, 0.2) is 0 Å². The van der Waals surface area contributed by atoms with Crippen LogP contribution in [0.2, 0.25) is 5.02 Å². The van der Waals surface area contributed by atoms with Crippen molar-refractivity contribution in [1.29, 1.82) is 5.26 Å². The van der Waals surface area contributed by atoms with Gasteiger partial charge in [-0.25, -0.2) is 8.42 Å². The second-order valence-electron chi connectivity index (χ2n) is 4.09. The van der Waals surface area contributed by atoms with Gasteiger partial charge in [0, 0.05) is 11.1 Å². The van der Waals surface area contributed by atoms with Gasteiger partial charge in [0.25, 0.3) is 0 Å². The first-order chi connectivity index (χ1) is 9.39. The number of nitrogens with one attached hydrogen (secondary N) is 1. The Morgan fingerprint density at radius 1 is 1.45 bits per heavy atom. The van der Waals surface area contributed by atoms with Crippen LogP contribution in [-0.4, -0.2) is 13.6 Å². The molecule has 0 aliphatic rings. The van der Waals surface area contributed by atoms with Crippen molar-refractivity contribution in [1.82, 2.24) is 5.16 Å². The van der Waals surface area contributed by atoms with Crippen LogP contribution in [0.4, 0.5) is 5.69 Å². The van der Waals surface area contributed by atoms with E-state index in [2.05, 4.69) is 9.88 Å². The molecule has 8 heteroatoms. The molecule has 2 aromatic rings. The van der Waals surface area contributed by atoms with E-state index in [0.717, 1.165) is 0 Å². The molecule has 0 bridgehead atoms. The van der Waals surface area contributed by atoms with E-state index < -0.39 is 10.0 Å². The third-order valence-electron chi connectivity index (χ3n) is 2.38. The number of nitrogens with zero attached hydrogens (tertiary/aromatic N) is 2. The smallest absolute Gasteiger partial charge is 0.238 e. The molecular formula is C12H10ClN3O3S. The van der Waals surface area contributed by atoms with Crippen LogP contribution in [0, 0.1) is 18.3 Å². The van der Waals surface area contributed by atoms with Crippen molar-refractivity contribution in [2.24, 2.45) is 0 Å². The van der Waals surface area contributed by atoms with Gasteiger partial charge in [-0.2, -0.15) is 5.26 Å². The van der Waals surface area contributed by atoms with E-state index in [0.29, 0.717) is 10.8 Å². The Hall–Kier alpha value is -2.04. The van der Waals surface area contributed by atoms with Crippen LogP contribution in [0.5, 0.6) is 0 Å². The van der Waals surface area contributed by atoms with Gasteiger partial charge < -0.3 is 4.52 Å². The van der Waals surface area contributed by atoms with Crippen molar-refractivity contribution in [3.8, 4) is 6.07 Å². The Balaban J connectivity index is 2.24. The largest absolute Gasteiger partial charge is 0.361 e. The lowest BCUT2D eigenvalue weighted by atomic mass is 10.2. The Morgan fingerprint density at radius 3 is 2.80 bits per heavy atom. The van der Waals surface area contributed by atoms with Crippen molar-refractivity contribution >= 4 is 27.3 Å². The highest BCUT2D eigenvalue weighted by Crippen LogP contribution is 2.22. The van der Waals surface area contributed by atoms with Crippen LogP contribution in [-0.2, 0) is 15.8 Å². The zero-order chi connectivity index (χ0) is 14.8. The predicted octanol–water partition coefficient (Wildman–Crippen LogP) is 2.45. The number of hydrogen-bond donors (Lipinski definition) is 1. The maximum absolute atomic E-state index is 12.0. The average molecular weight is 312 g/mol. The van der Waals surface area contributed by atoms with E-state index in [4.69, 9.17) is 21.4 Å². The standard InChI is InChI=1S/C12H10ClN3O3S/c1-8-4-11(15-19-8)7-20(17,18)16-12-5-10(13)3-2-9(12)6-14/h2-5,16H,7H2,1H3. The molecule has 1 heterocycles. The first-order valence-electron chi connectivity index (χ1n) is 5.52. The summed E-state index contributed by atoms with van der Waals surface area (Å²) in [6, 6.07) is 7.76. The summed E-state index contributed by atoms with van der Waals surface area (Å²) >= 11 is 5.79. The average Bonchev–Trinajstić information content (AvgIpc) is 2.73. The number of sulfonamides is 1. The lowest BCUT2D eigenvalue weighted by Crippen LogP contribution is -2.16. The molecule has 0 amide bonds. The molecule has 1 aromatic heterocycles. The van der Waals surface area contributed by atoms with E-state index in [1.807, 2.05) is 6.07 Å². The van der Waals surface area contributed by atoms with Crippen LogP contribution in [0.1, 0.15) is 17.0 Å². The van der Waals surface area contributed by atoms with Crippen molar-refractivity contribution in [2.75, 3.05) is 4.72 Å². The summed E-state index contributed by atoms with van der Waals surface area (Å²) in [6.07, 6.45) is 0. The van der Waals surface area contributed by atoms with Gasteiger partial charge in [-0.15, -0.1) is 0 Å². The fraction of sp³-hybridized carbons (Fsp3) is 0.167. The number of nitriles is 1. The highest BCUT2D eigenvalue weighted by Gasteiger charge is 2.16. The summed E-state index contributed by atoms with van der Waals surface area (Å²) in [7, 11) is -3.71. The SMILES string of the molecule is Cc1cc(CS(=O)(=O)Nc2cc(Cl)ccc2C#N)no1. The minimum atomic E-state index is -3.71. The van der Waals surface area contributed by atoms with Gasteiger partial charge >= 0.3 is 0 Å². The fourth-order valence-corrected chi connectivity index (χ4v) is 2.86. The molecule has 2 rings (SSSR count). The molecule has 0 unspecified atom stereocenters. The number of rotatable bonds is 4. The van der Waals surface area contributed by atoms with E-state index in [1.165, 1.54) is 24.3 Å². The molecule has 1 N–H and O–H groups in total. The molecule has 0 fully saturated rings. The molecule has 0 saturated heterocycles. The zero-order valence-corrected chi connectivity index (χ0v) is 12.0. The van der Waals surface area contributed by atoms with Crippen LogP contribution in [0.15, 0.2) is 28.8 Å². The van der Waals surface area contributed by atoms with Gasteiger partial charge in [0.2, 0.25) is 10.0 Å². The number of anilines is 1. The second kappa shape index (κ2) is 5.53. The van der Waals surface area contributed by atoms with Crippen LogP contribution < -0.4 is 4.72 Å². The van der Waals surface area contributed by atoms with Crippen molar-refractivity contribution in [3.05, 3.63) is 46.3 Å². The molecule has 104 valence electrons. The molecule has 0 atom stereocenters. The lowest BCUT2D eigenvalue weighted by molar-refractivity contribution is 0.392. The van der Waals surface area contributed by atoms with Gasteiger partial charge in [0.05, 0.1) is 11.3 Å². The molecule has 20 heavy (non-hydrogen) atoms. The Labute approximate surface area is 121 Å². The summed E-state index contributed by atoms with van der Waals surface area (Å²) in [6.45, 7) is 1.67. The summed E-state index contributed by atoms with van der Waals surface area (Å²) in [4.78, 5) is 0. The number of hydrogen-bond acceptors (Lipinski definition) is 5. The Kier molecular flexibility index (Phi) is 3.97. The van der Waals surface area contributed by atoms with Crippen molar-refractivity contribution < 1.29 is 12.9 Å². The summed E-state index contributed by atoms with van der Waals surface area (Å²) in [5, 5.41) is 12.9. The molecule has 0 radical (unpaired) electrons. The molecule has 0 spiro atoms. The quantitative estimate of drug-likeness (QED) is 0.935. The van der Waals surface area contributed by atoms with Crippen molar-refractivity contribution in [2.45, 2.75) is 12.7 Å². The number of benzene rings is 1. The topological polar surface area (TPSA) is 96.0 Å². The first kappa shape index (κ1) is 14.4.